The maximum atomic E-state index is 6.00. The Hall–Kier alpha value is 1.23. The number of hydrogen-bond donors (Lipinski definition) is 2. The van der Waals surface area contributed by atoms with E-state index >= 15 is 0 Å². The normalized spacial score (nSPS) is 1.50. The van der Waals surface area contributed by atoms with Crippen molar-refractivity contribution in [3.8, 4) is 0 Å². The van der Waals surface area contributed by atoms with Gasteiger partial charge in [-0.05, 0) is 0 Å². The monoisotopic (exact) mass is 90.0 g/mol. The predicted octanol–water partition coefficient (Wildman–Crippen LogP) is -2.87. The summed E-state index contributed by atoms with van der Waals surface area (Å²) in [6.45, 7) is 0. The number of rotatable bonds is 0. The average molecular weight is 89.8 g/mol. The molecule has 0 radical (unpaired) electrons. The fourth-order valence-electron chi connectivity index (χ4n) is 0. The molecule has 20 valence electrons. The molecule has 0 fully saturated rings. The van der Waals surface area contributed by atoms with E-state index in [0.29, 0.717) is 0 Å². The summed E-state index contributed by atoms with van der Waals surface area (Å²) < 4.78 is 0. The molecule has 0 unspecified atom stereocenters. The van der Waals surface area contributed by atoms with Gasteiger partial charge in [-0.1, -0.05) is 0 Å². The fraction of sp³-hybridized carbons (Fsp3) is 0. The van der Waals surface area contributed by atoms with E-state index in [1.165, 1.54) is 0 Å². The smallest absolute Gasteiger partial charge is 1.00 e. The molecule has 0 aromatic carbocycles. The van der Waals surface area contributed by atoms with Crippen molar-refractivity contribution in [2.45, 2.75) is 0 Å². The van der Waals surface area contributed by atoms with Crippen LogP contribution in [-0.4, -0.2) is 10.5 Å². The zero-order valence-corrected chi connectivity index (χ0v) is 3.96. The molecule has 4 heavy (non-hydrogen) atoms. The van der Waals surface area contributed by atoms with Crippen molar-refractivity contribution in [1.82, 2.24) is 0 Å². The van der Waals surface area contributed by atoms with Crippen LogP contribution < -0.4 is 18.9 Å². The van der Waals surface area contributed by atoms with Crippen LogP contribution in [0.15, 0.2) is 0 Å². The molecule has 2 N–H and O–H groups in total. The van der Waals surface area contributed by atoms with Crippen molar-refractivity contribution >= 4 is 0 Å². The van der Waals surface area contributed by atoms with Crippen LogP contribution in [0.4, 0.5) is 0 Å². The molecule has 0 saturated carbocycles. The van der Waals surface area contributed by atoms with E-state index in [9.17, 15) is 0 Å². The summed E-state index contributed by atoms with van der Waals surface area (Å²) in [5, 5.41) is 12.0. The second-order valence-corrected chi connectivity index (χ2v) is 0. The van der Waals surface area contributed by atoms with Gasteiger partial charge in [0.25, 0.3) is 0 Å². The Morgan fingerprint density at radius 3 is 1.25 bits per heavy atom. The molecule has 0 bridgehead atoms. The summed E-state index contributed by atoms with van der Waals surface area (Å²) in [5.74, 6) is 0. The molecule has 2 nitrogen and oxygen atoms in total. The second kappa shape index (κ2) is 29.1. The molecule has 0 atom stereocenters. The summed E-state index contributed by atoms with van der Waals surface area (Å²) in [5.41, 5.74) is 0. The summed E-state index contributed by atoms with van der Waals surface area (Å²) >= 11 is 0. The van der Waals surface area contributed by atoms with E-state index in [1.54, 1.807) is 0 Å². The van der Waals surface area contributed by atoms with Crippen molar-refractivity contribution in [1.29, 1.82) is 0 Å². The third-order valence-corrected chi connectivity index (χ3v) is 0. The molecule has 0 aromatic heterocycles. The first-order chi connectivity index (χ1) is 1.00. The van der Waals surface area contributed by atoms with Crippen molar-refractivity contribution in [3.05, 3.63) is 0 Å². The Balaban J connectivity index is -0.00000000167. The fourth-order valence-corrected chi connectivity index (χ4v) is 0. The maximum absolute atomic E-state index is 6.00. The summed E-state index contributed by atoms with van der Waals surface area (Å²) in [6.07, 6.45) is 0. The van der Waals surface area contributed by atoms with Crippen LogP contribution >= 0.6 is 0 Å². The average Bonchev–Trinajstić information content (AvgIpc) is 1.00. The van der Waals surface area contributed by atoms with Gasteiger partial charge in [-0.25, -0.2) is 0 Å². The molecule has 0 saturated heterocycles. The summed E-state index contributed by atoms with van der Waals surface area (Å²) in [6, 6.07) is 0. The van der Waals surface area contributed by atoms with E-state index in [2.05, 4.69) is 0 Å². The topological polar surface area (TPSA) is 40.5 Å². The van der Waals surface area contributed by atoms with Crippen LogP contribution in [0.25, 0.3) is 0 Å². The van der Waals surface area contributed by atoms with E-state index in [4.69, 9.17) is 10.5 Å². The Morgan fingerprint density at radius 2 is 1.25 bits per heavy atom. The number of hydrogen-bond acceptors (Lipinski definition) is 2. The van der Waals surface area contributed by atoms with Gasteiger partial charge in [0.15, 0.2) is 0 Å². The Kier molecular flexibility index (Phi) is 137. The van der Waals surface area contributed by atoms with Gasteiger partial charge in [0.1, 0.15) is 0 Å². The molecule has 4 heteroatoms. The van der Waals surface area contributed by atoms with Crippen LogP contribution in [-0.2, 0) is 21.7 Å². The summed E-state index contributed by atoms with van der Waals surface area (Å²) in [4.78, 5) is 0. The van der Waals surface area contributed by atoms with Crippen LogP contribution in [0.5, 0.6) is 0 Å². The van der Waals surface area contributed by atoms with Gasteiger partial charge in [-0.2, -0.15) is 0 Å². The molecule has 0 aliphatic rings. The van der Waals surface area contributed by atoms with E-state index in [-0.39, 0.29) is 42.0 Å². The Morgan fingerprint density at radius 1 is 1.25 bits per heavy atom. The standard InChI is InChI=1S/Li.H2O2.Ti.H/c;1-2;;/h;1-2H;;/q+1;;;-1. The van der Waals surface area contributed by atoms with Crippen molar-refractivity contribution < 1.29 is 52.5 Å². The zero-order valence-electron chi connectivity index (χ0n) is 3.39. The largest absolute Gasteiger partial charge is 1.00 e. The first-order valence-corrected chi connectivity index (χ1v) is 0.200. The third kappa shape index (κ3) is 10.6. The summed E-state index contributed by atoms with van der Waals surface area (Å²) in [7, 11) is 0. The third-order valence-electron chi connectivity index (χ3n) is 0. The Bertz CT molecular complexity index is 9.61. The van der Waals surface area contributed by atoms with Gasteiger partial charge < -0.3 is 1.43 Å². The van der Waals surface area contributed by atoms with Gasteiger partial charge in [0.05, 0.1) is 0 Å². The van der Waals surface area contributed by atoms with Crippen LogP contribution in [0.3, 0.4) is 0 Å². The molecule has 0 spiro atoms. The molecule has 0 rings (SSSR count). The van der Waals surface area contributed by atoms with Crippen molar-refractivity contribution in [3.63, 3.8) is 0 Å². The minimum atomic E-state index is 0. The van der Waals surface area contributed by atoms with E-state index < -0.39 is 0 Å². The molecule has 0 aliphatic carbocycles. The molecule has 0 heterocycles. The molecular formula is H3LiO2Ti. The van der Waals surface area contributed by atoms with Gasteiger partial charge in [-0.15, -0.1) is 0 Å². The first-order valence-electron chi connectivity index (χ1n) is 0.200. The van der Waals surface area contributed by atoms with Gasteiger partial charge in [0, 0.05) is 21.7 Å². The predicted molar refractivity (Wildman–Crippen MR) is 6.37 cm³/mol. The van der Waals surface area contributed by atoms with Gasteiger partial charge in [-0.3, -0.25) is 10.5 Å². The van der Waals surface area contributed by atoms with Crippen LogP contribution in [0.2, 0.25) is 0 Å². The van der Waals surface area contributed by atoms with Crippen molar-refractivity contribution in [2.24, 2.45) is 0 Å². The maximum Gasteiger partial charge on any atom is 1.00 e. The van der Waals surface area contributed by atoms with Crippen molar-refractivity contribution in [2.75, 3.05) is 0 Å². The molecular weight excluding hydrogens is 86.8 g/mol. The first kappa shape index (κ1) is 18.8. The van der Waals surface area contributed by atoms with E-state index in [0.717, 1.165) is 0 Å². The van der Waals surface area contributed by atoms with E-state index in [1.807, 2.05) is 0 Å². The molecule has 0 aromatic rings. The molecule has 0 aliphatic heterocycles. The minimum absolute atomic E-state index is 0. The Labute approximate surface area is 52.7 Å². The second-order valence-electron chi connectivity index (χ2n) is 0. The van der Waals surface area contributed by atoms with Crippen LogP contribution in [0.1, 0.15) is 1.43 Å². The zero-order chi connectivity index (χ0) is 2.00. The minimum Gasteiger partial charge on any atom is -1.00 e. The van der Waals surface area contributed by atoms with Gasteiger partial charge >= 0.3 is 18.9 Å². The SMILES string of the molecule is OO.[H-].[Li+].[Ti]. The molecule has 0 amide bonds. The van der Waals surface area contributed by atoms with Crippen LogP contribution in [0, 0.1) is 0 Å². The quantitative estimate of drug-likeness (QED) is 0.190. The van der Waals surface area contributed by atoms with Gasteiger partial charge in [0.2, 0.25) is 0 Å².